The van der Waals surface area contributed by atoms with Crippen molar-refractivity contribution in [1.82, 2.24) is 0 Å². The summed E-state index contributed by atoms with van der Waals surface area (Å²) >= 11 is 0. The Morgan fingerprint density at radius 3 is 0.881 bits per heavy atom. The van der Waals surface area contributed by atoms with E-state index in [-0.39, 0.29) is 12.5 Å². The summed E-state index contributed by atoms with van der Waals surface area (Å²) in [5, 5.41) is 20.2. The van der Waals surface area contributed by atoms with Crippen LogP contribution < -0.4 is 40.1 Å². The molecule has 0 heterocycles. The highest BCUT2D eigenvalue weighted by Gasteiger charge is 2.56. The second kappa shape index (κ2) is 33.2. The van der Waals surface area contributed by atoms with E-state index >= 15 is 0 Å². The van der Waals surface area contributed by atoms with Crippen molar-refractivity contribution in [3.8, 4) is 0 Å². The first-order chi connectivity index (χ1) is 27.9. The Kier molecular flexibility index (Phi) is 34.8. The SMILES string of the molecule is CO[Si](C)(CCCN)O[Si](CCCN)(OC)O[Si](C)(CCCN)O[Si](CO)(CCCN)OC.CO[Si](CO)(CCCN)O[Si](C)(CCCN)O[Si](CCCN)(OC)OC. The van der Waals surface area contributed by atoms with E-state index < -0.39 is 60.4 Å². The van der Waals surface area contributed by atoms with Gasteiger partial charge in [0.15, 0.2) is 0 Å². The molecule has 0 aromatic carbocycles. The molecule has 6 atom stereocenters. The third-order valence-corrected chi connectivity index (χ3v) is 38.4. The fourth-order valence-electron chi connectivity index (χ4n) is 6.34. The van der Waals surface area contributed by atoms with Gasteiger partial charge in [-0.25, -0.2) is 0 Å². The van der Waals surface area contributed by atoms with Crippen molar-refractivity contribution in [2.75, 3.05) is 101 Å². The second-order valence-corrected chi connectivity index (χ2v) is 38.7. The third-order valence-electron chi connectivity index (χ3n) is 9.91. The molecule has 0 amide bonds. The van der Waals surface area contributed by atoms with Gasteiger partial charge in [-0.15, -0.1) is 0 Å². The van der Waals surface area contributed by atoms with Gasteiger partial charge in [-0.2, -0.15) is 0 Å². The normalized spacial score (nSPS) is 18.4. The van der Waals surface area contributed by atoms with Crippen LogP contribution in [0.3, 0.4) is 0 Å². The molecule has 0 aromatic heterocycles. The van der Waals surface area contributed by atoms with Gasteiger partial charge in [0, 0.05) is 54.7 Å². The van der Waals surface area contributed by atoms with Crippen molar-refractivity contribution >= 4 is 60.4 Å². The van der Waals surface area contributed by atoms with E-state index in [4.69, 9.17) is 87.3 Å². The highest BCUT2D eigenvalue weighted by molar-refractivity contribution is 6.87. The zero-order valence-electron chi connectivity index (χ0n) is 38.2. The number of aliphatic hydroxyl groups is 2. The summed E-state index contributed by atoms with van der Waals surface area (Å²) in [7, 11) is -10.8. The van der Waals surface area contributed by atoms with E-state index in [0.29, 0.717) is 108 Å². The summed E-state index contributed by atoms with van der Waals surface area (Å²) in [6, 6.07) is 4.30. The summed E-state index contributed by atoms with van der Waals surface area (Å²) in [5.74, 6) is 0. The summed E-state index contributed by atoms with van der Waals surface area (Å²) in [6.45, 7) is 9.49. The van der Waals surface area contributed by atoms with Crippen LogP contribution in [-0.2, 0) is 47.1 Å². The molecule has 59 heavy (non-hydrogen) atoms. The van der Waals surface area contributed by atoms with Crippen molar-refractivity contribution in [3.05, 3.63) is 0 Å². The number of rotatable bonds is 39. The first-order valence-corrected chi connectivity index (χ1v) is 36.8. The largest absolute Gasteiger partial charge is 0.491 e. The van der Waals surface area contributed by atoms with Gasteiger partial charge in [0.1, 0.15) is 0 Å². The number of hydrogen-bond acceptors (Lipinski definition) is 20. The van der Waals surface area contributed by atoms with Gasteiger partial charge in [0.05, 0.1) is 12.5 Å². The molecule has 6 unspecified atom stereocenters. The average molecular weight is 977 g/mol. The van der Waals surface area contributed by atoms with Crippen LogP contribution in [-0.4, -0.2) is 172 Å². The summed E-state index contributed by atoms with van der Waals surface area (Å²) < 4.78 is 67.9. The standard InChI is InChI=1S/C18H50N4O7Si4.C14H39N3O6Si3/c1-24-30(4,14-6-10-19)28-33(26-3,17-9-13-22)29-31(5,15-7-11-20)27-32(18-23,25-2)16-8-12-21;1-19-25(14-18,12-6-9-16)22-24(4,11-5-8-15)23-26(20-2,21-3)13-7-10-17/h23H,6-22H2,1-5H3;18H,5-17H2,1-4H3. The molecule has 20 nitrogen and oxygen atoms in total. The third kappa shape index (κ3) is 23.5. The molecule has 0 saturated carbocycles. The maximum Gasteiger partial charge on any atom is 0.491 e. The van der Waals surface area contributed by atoms with Crippen molar-refractivity contribution in [2.45, 2.75) is 107 Å². The minimum absolute atomic E-state index is 0.157. The van der Waals surface area contributed by atoms with Crippen LogP contribution in [0.2, 0.25) is 61.9 Å². The minimum atomic E-state index is -3.27. The van der Waals surface area contributed by atoms with Crippen LogP contribution in [0, 0.1) is 0 Å². The Labute approximate surface area is 364 Å². The molecule has 0 rings (SSSR count). The molecule has 0 radical (unpaired) electrons. The van der Waals surface area contributed by atoms with Crippen molar-refractivity contribution in [3.63, 3.8) is 0 Å². The van der Waals surface area contributed by atoms with Crippen LogP contribution >= 0.6 is 0 Å². The molecule has 16 N–H and O–H groups in total. The van der Waals surface area contributed by atoms with Crippen LogP contribution in [0.15, 0.2) is 0 Å². The van der Waals surface area contributed by atoms with Crippen molar-refractivity contribution in [2.24, 2.45) is 40.1 Å². The van der Waals surface area contributed by atoms with E-state index in [9.17, 15) is 10.2 Å². The molecule has 0 bridgehead atoms. The van der Waals surface area contributed by atoms with Crippen molar-refractivity contribution in [1.29, 1.82) is 0 Å². The Hall–Kier alpha value is 0.718. The quantitative estimate of drug-likeness (QED) is 0.0377. The predicted molar refractivity (Wildman–Crippen MR) is 249 cm³/mol. The van der Waals surface area contributed by atoms with Crippen molar-refractivity contribution < 1.29 is 57.3 Å². The van der Waals surface area contributed by atoms with Gasteiger partial charge in [-0.1, -0.05) is 0 Å². The molecule has 0 saturated heterocycles. The van der Waals surface area contributed by atoms with Crippen LogP contribution in [0.4, 0.5) is 0 Å². The number of hydrogen-bond donors (Lipinski definition) is 9. The lowest BCUT2D eigenvalue weighted by Gasteiger charge is -2.44. The lowest BCUT2D eigenvalue weighted by Crippen LogP contribution is -2.64. The Morgan fingerprint density at radius 1 is 0.322 bits per heavy atom. The molecular weight excluding hydrogens is 887 g/mol. The first-order valence-electron chi connectivity index (χ1n) is 20.9. The highest BCUT2D eigenvalue weighted by atomic mass is 28.5. The minimum Gasteiger partial charge on any atom is -0.414 e. The smallest absolute Gasteiger partial charge is 0.414 e. The molecule has 358 valence electrons. The van der Waals surface area contributed by atoms with E-state index in [1.165, 1.54) is 0 Å². The summed E-state index contributed by atoms with van der Waals surface area (Å²) in [4.78, 5) is 0. The molecule has 0 aliphatic heterocycles. The molecule has 0 aliphatic carbocycles. The maximum absolute atomic E-state index is 10.2. The monoisotopic (exact) mass is 975 g/mol. The van der Waals surface area contributed by atoms with E-state index in [1.54, 1.807) is 42.7 Å². The highest BCUT2D eigenvalue weighted by Crippen LogP contribution is 2.34. The van der Waals surface area contributed by atoms with Gasteiger partial charge < -0.3 is 97.5 Å². The van der Waals surface area contributed by atoms with Gasteiger partial charge in [-0.05, 0) is 141 Å². The van der Waals surface area contributed by atoms with E-state index in [2.05, 4.69) is 0 Å². The van der Waals surface area contributed by atoms with Gasteiger partial charge in [0.25, 0.3) is 0 Å². The Morgan fingerprint density at radius 2 is 0.593 bits per heavy atom. The fraction of sp³-hybridized carbons (Fsp3) is 1.00. The summed E-state index contributed by atoms with van der Waals surface area (Å²) in [5.41, 5.74) is 40.1. The second-order valence-electron chi connectivity index (χ2n) is 14.9. The first kappa shape index (κ1) is 61.8. The lowest BCUT2D eigenvalue weighted by molar-refractivity contribution is 0.134. The molecular formula is C32H89N7O13Si7. The molecule has 0 fully saturated rings. The Balaban J connectivity index is 0. The van der Waals surface area contributed by atoms with Crippen LogP contribution in [0.5, 0.6) is 0 Å². The van der Waals surface area contributed by atoms with Crippen LogP contribution in [0.25, 0.3) is 0 Å². The molecule has 0 aromatic rings. The molecule has 0 aliphatic rings. The predicted octanol–water partition coefficient (Wildman–Crippen LogP) is 0.417. The van der Waals surface area contributed by atoms with Crippen LogP contribution in [0.1, 0.15) is 44.9 Å². The Bertz CT molecular complexity index is 1000. The summed E-state index contributed by atoms with van der Waals surface area (Å²) in [6.07, 6.45) is 4.69. The fourth-order valence-corrected chi connectivity index (χ4v) is 36.3. The van der Waals surface area contributed by atoms with Gasteiger partial charge >= 0.3 is 60.4 Å². The lowest BCUT2D eigenvalue weighted by atomic mass is 10.5. The topological polar surface area (TPSA) is 324 Å². The van der Waals surface area contributed by atoms with E-state index in [1.807, 2.05) is 19.6 Å². The molecule has 27 heteroatoms. The number of aliphatic hydroxyl groups excluding tert-OH is 2. The molecule has 0 spiro atoms. The number of nitrogens with two attached hydrogens (primary N) is 7. The van der Waals surface area contributed by atoms with Gasteiger partial charge in [0.2, 0.25) is 0 Å². The zero-order valence-corrected chi connectivity index (χ0v) is 45.2. The van der Waals surface area contributed by atoms with E-state index in [0.717, 1.165) is 25.3 Å². The van der Waals surface area contributed by atoms with Gasteiger partial charge in [-0.3, -0.25) is 0 Å². The average Bonchev–Trinajstić information content (AvgIpc) is 3.25. The zero-order chi connectivity index (χ0) is 45.5. The maximum atomic E-state index is 10.2.